The molecule has 1 unspecified atom stereocenters. The maximum absolute atomic E-state index is 10.0. The lowest BCUT2D eigenvalue weighted by Crippen LogP contribution is -2.33. The smallest absolute Gasteiger partial charge is 0.161 e. The summed E-state index contributed by atoms with van der Waals surface area (Å²) in [6, 6.07) is 8.43. The van der Waals surface area contributed by atoms with Crippen LogP contribution in [0.25, 0.3) is 0 Å². The van der Waals surface area contributed by atoms with Crippen molar-refractivity contribution in [1.82, 2.24) is 5.32 Å². The zero-order chi connectivity index (χ0) is 19.1. The van der Waals surface area contributed by atoms with Crippen molar-refractivity contribution in [3.63, 3.8) is 0 Å². The van der Waals surface area contributed by atoms with Gasteiger partial charge in [-0.1, -0.05) is 40.7 Å². The average molecular weight is 347 g/mol. The number of ether oxygens (including phenoxy) is 2. The van der Waals surface area contributed by atoms with Crippen molar-refractivity contribution >= 4 is 0 Å². The number of nitriles is 1. The highest BCUT2D eigenvalue weighted by atomic mass is 16.5. The third-order valence-corrected chi connectivity index (χ3v) is 4.66. The molecule has 25 heavy (non-hydrogen) atoms. The summed E-state index contributed by atoms with van der Waals surface area (Å²) in [5.41, 5.74) is 0.745. The molecular weight excluding hydrogens is 312 g/mol. The van der Waals surface area contributed by atoms with E-state index in [1.807, 2.05) is 18.2 Å². The highest BCUT2D eigenvalue weighted by Gasteiger charge is 2.36. The second-order valence-electron chi connectivity index (χ2n) is 8.15. The van der Waals surface area contributed by atoms with E-state index >= 15 is 0 Å². The molecule has 0 saturated heterocycles. The number of hydrogen-bond acceptors (Lipinski definition) is 4. The summed E-state index contributed by atoms with van der Waals surface area (Å²) in [7, 11) is 3.25. The van der Waals surface area contributed by atoms with Gasteiger partial charge in [-0.15, -0.1) is 0 Å². The van der Waals surface area contributed by atoms with Crippen LogP contribution in [-0.2, 0) is 5.41 Å². The minimum Gasteiger partial charge on any atom is -0.493 e. The van der Waals surface area contributed by atoms with Crippen LogP contribution in [0.4, 0.5) is 0 Å². The summed E-state index contributed by atoms with van der Waals surface area (Å²) in [4.78, 5) is 0. The fraction of sp³-hybridized carbons (Fsp3) is 0.667. The maximum atomic E-state index is 10.0. The lowest BCUT2D eigenvalue weighted by molar-refractivity contribution is 0.334. The van der Waals surface area contributed by atoms with Crippen LogP contribution in [0.15, 0.2) is 18.2 Å². The first kappa shape index (κ1) is 21.3. The third-order valence-electron chi connectivity index (χ3n) is 4.66. The number of benzene rings is 1. The number of nitrogens with zero attached hydrogens (tertiary/aromatic N) is 1. The van der Waals surface area contributed by atoms with E-state index in [-0.39, 0.29) is 11.3 Å². The van der Waals surface area contributed by atoms with Gasteiger partial charge >= 0.3 is 0 Å². The lowest BCUT2D eigenvalue weighted by Gasteiger charge is -2.32. The Kier molecular flexibility index (Phi) is 7.76. The van der Waals surface area contributed by atoms with Gasteiger partial charge in [-0.2, -0.15) is 5.26 Å². The van der Waals surface area contributed by atoms with Crippen LogP contribution in [0.2, 0.25) is 0 Å². The fourth-order valence-corrected chi connectivity index (χ4v) is 3.09. The van der Waals surface area contributed by atoms with Crippen LogP contribution < -0.4 is 14.8 Å². The molecule has 1 N–H and O–H groups in total. The molecule has 0 bridgehead atoms. The van der Waals surface area contributed by atoms with E-state index in [4.69, 9.17) is 9.47 Å². The van der Waals surface area contributed by atoms with E-state index in [2.05, 4.69) is 46.0 Å². The molecule has 0 saturated carbocycles. The summed E-state index contributed by atoms with van der Waals surface area (Å²) < 4.78 is 10.8. The Balaban J connectivity index is 2.95. The number of rotatable bonds is 9. The Morgan fingerprint density at radius 2 is 1.76 bits per heavy atom. The topological polar surface area (TPSA) is 54.3 Å². The Morgan fingerprint density at radius 3 is 2.24 bits per heavy atom. The molecule has 0 aliphatic heterocycles. The molecule has 1 rings (SSSR count). The first-order valence-corrected chi connectivity index (χ1v) is 9.04. The average Bonchev–Trinajstić information content (AvgIpc) is 2.56. The quantitative estimate of drug-likeness (QED) is 0.667. The molecule has 0 aliphatic rings. The predicted molar refractivity (Wildman–Crippen MR) is 103 cm³/mol. The first-order valence-electron chi connectivity index (χ1n) is 9.04. The predicted octanol–water partition coefficient (Wildman–Crippen LogP) is 4.54. The van der Waals surface area contributed by atoms with Crippen LogP contribution in [0.1, 0.15) is 53.0 Å². The largest absolute Gasteiger partial charge is 0.493 e. The number of methoxy groups -OCH3 is 2. The van der Waals surface area contributed by atoms with E-state index in [0.717, 1.165) is 31.5 Å². The van der Waals surface area contributed by atoms with Crippen molar-refractivity contribution in [3.05, 3.63) is 23.8 Å². The Labute approximate surface area is 153 Å². The van der Waals surface area contributed by atoms with Crippen LogP contribution in [0, 0.1) is 22.7 Å². The molecule has 4 nitrogen and oxygen atoms in total. The van der Waals surface area contributed by atoms with Gasteiger partial charge in [0.25, 0.3) is 0 Å². The second kappa shape index (κ2) is 9.10. The zero-order valence-corrected chi connectivity index (χ0v) is 16.9. The van der Waals surface area contributed by atoms with Gasteiger partial charge in [-0.3, -0.25) is 0 Å². The van der Waals surface area contributed by atoms with Crippen LogP contribution in [0.3, 0.4) is 0 Å². The van der Waals surface area contributed by atoms with E-state index in [0.29, 0.717) is 11.5 Å². The highest BCUT2D eigenvalue weighted by molar-refractivity contribution is 5.47. The van der Waals surface area contributed by atoms with Crippen molar-refractivity contribution < 1.29 is 9.47 Å². The van der Waals surface area contributed by atoms with Crippen molar-refractivity contribution in [2.45, 2.75) is 52.9 Å². The summed E-state index contributed by atoms with van der Waals surface area (Å²) in [6.07, 6.45) is 1.77. The van der Waals surface area contributed by atoms with Crippen LogP contribution in [0.5, 0.6) is 11.5 Å². The summed E-state index contributed by atoms with van der Waals surface area (Å²) in [5, 5.41) is 13.5. The summed E-state index contributed by atoms with van der Waals surface area (Å²) in [5.74, 6) is 1.57. The molecule has 0 spiro atoms. The Morgan fingerprint density at radius 1 is 1.12 bits per heavy atom. The standard InChI is InChI=1S/C21H34N2O2/c1-16(2)21(14-22,11-8-12-23-15-20(3,4)5)17-9-10-18(24-6)19(13-17)25-7/h9-10,13,16,23H,8,11-12,15H2,1-7H3. The molecule has 0 fully saturated rings. The SMILES string of the molecule is COc1ccc(C(C#N)(CCCNCC(C)(C)C)C(C)C)cc1OC. The third kappa shape index (κ3) is 5.64. The monoisotopic (exact) mass is 346 g/mol. The molecule has 0 radical (unpaired) electrons. The van der Waals surface area contributed by atoms with Crippen molar-refractivity contribution in [2.24, 2.45) is 11.3 Å². The molecule has 0 aromatic heterocycles. The molecular formula is C21H34N2O2. The first-order chi connectivity index (χ1) is 11.7. The van der Waals surface area contributed by atoms with Gasteiger partial charge in [0.05, 0.1) is 25.7 Å². The van der Waals surface area contributed by atoms with Gasteiger partial charge in [-0.25, -0.2) is 0 Å². The summed E-state index contributed by atoms with van der Waals surface area (Å²) in [6.45, 7) is 12.8. The van der Waals surface area contributed by atoms with E-state index < -0.39 is 5.41 Å². The number of nitrogens with one attached hydrogen (secondary N) is 1. The highest BCUT2D eigenvalue weighted by Crippen LogP contribution is 2.40. The zero-order valence-electron chi connectivity index (χ0n) is 16.9. The molecule has 1 atom stereocenters. The minimum atomic E-state index is -0.525. The van der Waals surface area contributed by atoms with Crippen molar-refractivity contribution in [1.29, 1.82) is 5.26 Å². The minimum absolute atomic E-state index is 0.207. The Bertz CT molecular complexity index is 585. The van der Waals surface area contributed by atoms with Gasteiger partial charge in [0.2, 0.25) is 0 Å². The van der Waals surface area contributed by atoms with Gasteiger partial charge < -0.3 is 14.8 Å². The van der Waals surface area contributed by atoms with E-state index in [1.165, 1.54) is 0 Å². The normalized spacial score (nSPS) is 14.0. The summed E-state index contributed by atoms with van der Waals surface area (Å²) >= 11 is 0. The van der Waals surface area contributed by atoms with Crippen molar-refractivity contribution in [3.8, 4) is 17.6 Å². The Hall–Kier alpha value is -1.73. The van der Waals surface area contributed by atoms with Crippen LogP contribution >= 0.6 is 0 Å². The molecule has 0 amide bonds. The van der Waals surface area contributed by atoms with Gasteiger partial charge in [-0.05, 0) is 55.0 Å². The van der Waals surface area contributed by atoms with Gasteiger partial charge in [0.1, 0.15) is 0 Å². The van der Waals surface area contributed by atoms with E-state index in [9.17, 15) is 5.26 Å². The van der Waals surface area contributed by atoms with E-state index in [1.54, 1.807) is 14.2 Å². The molecule has 1 aromatic carbocycles. The molecule has 0 heterocycles. The molecule has 4 heteroatoms. The lowest BCUT2D eigenvalue weighted by atomic mass is 9.69. The van der Waals surface area contributed by atoms with Gasteiger partial charge in [0, 0.05) is 0 Å². The van der Waals surface area contributed by atoms with Gasteiger partial charge in [0.15, 0.2) is 11.5 Å². The fourth-order valence-electron chi connectivity index (χ4n) is 3.09. The molecule has 0 aliphatic carbocycles. The number of hydrogen-bond donors (Lipinski definition) is 1. The van der Waals surface area contributed by atoms with Crippen LogP contribution in [-0.4, -0.2) is 27.3 Å². The molecule has 1 aromatic rings. The molecule has 140 valence electrons. The maximum Gasteiger partial charge on any atom is 0.161 e. The van der Waals surface area contributed by atoms with Crippen molar-refractivity contribution in [2.75, 3.05) is 27.3 Å². The second-order valence-corrected chi connectivity index (χ2v) is 8.15.